The lowest BCUT2D eigenvalue weighted by Gasteiger charge is -2.25. The van der Waals surface area contributed by atoms with Crippen LogP contribution in [0.15, 0.2) is 40.8 Å². The van der Waals surface area contributed by atoms with E-state index in [9.17, 15) is 18.4 Å². The number of hydrogen-bond acceptors (Lipinski definition) is 4. The van der Waals surface area contributed by atoms with E-state index in [1.54, 1.807) is 36.2 Å². The molecule has 8 heteroatoms. The summed E-state index contributed by atoms with van der Waals surface area (Å²) >= 11 is 0. The minimum Gasteiger partial charge on any atom is -0.433 e. The van der Waals surface area contributed by atoms with E-state index in [4.69, 9.17) is 4.42 Å². The molecule has 31 heavy (non-hydrogen) atoms. The Morgan fingerprint density at radius 3 is 2.65 bits per heavy atom. The van der Waals surface area contributed by atoms with Crippen LogP contribution in [0.1, 0.15) is 36.5 Å². The third-order valence-electron chi connectivity index (χ3n) is 5.78. The van der Waals surface area contributed by atoms with Gasteiger partial charge in [-0.05, 0) is 50.5 Å². The van der Waals surface area contributed by atoms with Gasteiger partial charge in [-0.2, -0.15) is 0 Å². The summed E-state index contributed by atoms with van der Waals surface area (Å²) in [5.74, 6) is -1.55. The fourth-order valence-electron chi connectivity index (χ4n) is 4.07. The number of oxazole rings is 1. The maximum absolute atomic E-state index is 13.9. The van der Waals surface area contributed by atoms with Crippen LogP contribution in [-0.2, 0) is 4.79 Å². The van der Waals surface area contributed by atoms with Crippen LogP contribution in [0.4, 0.5) is 8.78 Å². The van der Waals surface area contributed by atoms with Gasteiger partial charge in [0.1, 0.15) is 11.3 Å². The van der Waals surface area contributed by atoms with E-state index in [1.165, 1.54) is 0 Å². The molecule has 4 rings (SSSR count). The molecule has 0 spiro atoms. The molecular weight excluding hydrogens is 404 g/mol. The predicted octanol–water partition coefficient (Wildman–Crippen LogP) is 4.15. The first kappa shape index (κ1) is 21.0. The van der Waals surface area contributed by atoms with Gasteiger partial charge < -0.3 is 14.6 Å². The second-order valence-corrected chi connectivity index (χ2v) is 7.81. The van der Waals surface area contributed by atoms with Gasteiger partial charge in [0, 0.05) is 48.8 Å². The summed E-state index contributed by atoms with van der Waals surface area (Å²) in [6.45, 7) is 2.49. The van der Waals surface area contributed by atoms with E-state index < -0.39 is 11.6 Å². The van der Waals surface area contributed by atoms with Crippen LogP contribution in [0.2, 0.25) is 0 Å². The summed E-state index contributed by atoms with van der Waals surface area (Å²) in [6.07, 6.45) is 2.20. The number of nitrogens with one attached hydrogen (secondary N) is 1. The molecule has 0 saturated heterocycles. The van der Waals surface area contributed by atoms with E-state index in [1.807, 2.05) is 6.92 Å². The number of aromatic nitrogens is 1. The third kappa shape index (κ3) is 4.15. The fraction of sp³-hybridized carbons (Fsp3) is 0.348. The van der Waals surface area contributed by atoms with Gasteiger partial charge >= 0.3 is 0 Å². The molecule has 2 amide bonds. The molecule has 0 radical (unpaired) electrons. The number of amides is 2. The molecule has 1 aliphatic carbocycles. The average Bonchev–Trinajstić information content (AvgIpc) is 3.41. The molecule has 1 aromatic heterocycles. The molecule has 2 atom stereocenters. The zero-order valence-corrected chi connectivity index (χ0v) is 17.3. The number of halogens is 2. The SMILES string of the molecule is CCNC(=O)[C@H]1CC[C@@H](N(C)C(=O)c2ccc(-c3nc4cc(F)cc(F)c4o3)cc2)C1. The largest absolute Gasteiger partial charge is 0.433 e. The van der Waals surface area contributed by atoms with E-state index in [0.29, 0.717) is 24.1 Å². The van der Waals surface area contributed by atoms with Gasteiger partial charge in [-0.15, -0.1) is 0 Å². The standard InChI is InChI=1S/C23H23F2N3O3/c1-3-26-21(29)15-8-9-17(10-15)28(2)23(30)14-6-4-13(5-7-14)22-27-19-12-16(24)11-18(25)20(19)31-22/h4-7,11-12,15,17H,3,8-10H2,1-2H3,(H,26,29)/t15-,17+/m0/s1. The van der Waals surface area contributed by atoms with E-state index >= 15 is 0 Å². The van der Waals surface area contributed by atoms with Gasteiger partial charge in [0.25, 0.3) is 5.91 Å². The van der Waals surface area contributed by atoms with Crippen molar-refractivity contribution in [2.45, 2.75) is 32.2 Å². The van der Waals surface area contributed by atoms with Gasteiger partial charge in [-0.3, -0.25) is 9.59 Å². The first-order valence-corrected chi connectivity index (χ1v) is 10.3. The maximum atomic E-state index is 13.9. The number of nitrogens with zero attached hydrogens (tertiary/aromatic N) is 2. The van der Waals surface area contributed by atoms with E-state index in [0.717, 1.165) is 25.0 Å². The molecule has 1 heterocycles. The van der Waals surface area contributed by atoms with Crippen molar-refractivity contribution in [1.82, 2.24) is 15.2 Å². The van der Waals surface area contributed by atoms with Crippen molar-refractivity contribution in [1.29, 1.82) is 0 Å². The highest BCUT2D eigenvalue weighted by Gasteiger charge is 2.33. The molecule has 2 aromatic carbocycles. The van der Waals surface area contributed by atoms with Crippen molar-refractivity contribution in [3.05, 3.63) is 53.6 Å². The number of carbonyl (C=O) groups excluding carboxylic acids is 2. The monoisotopic (exact) mass is 427 g/mol. The summed E-state index contributed by atoms with van der Waals surface area (Å²) < 4.78 is 32.7. The van der Waals surface area contributed by atoms with Crippen LogP contribution < -0.4 is 5.32 Å². The van der Waals surface area contributed by atoms with Crippen LogP contribution in [0.5, 0.6) is 0 Å². The Morgan fingerprint density at radius 1 is 1.19 bits per heavy atom. The lowest BCUT2D eigenvalue weighted by molar-refractivity contribution is -0.124. The van der Waals surface area contributed by atoms with Crippen molar-refractivity contribution < 1.29 is 22.8 Å². The Morgan fingerprint density at radius 2 is 1.94 bits per heavy atom. The molecule has 0 bridgehead atoms. The normalized spacial score (nSPS) is 18.3. The van der Waals surface area contributed by atoms with Gasteiger partial charge in [0.15, 0.2) is 11.4 Å². The van der Waals surface area contributed by atoms with Crippen molar-refractivity contribution in [3.8, 4) is 11.5 Å². The minimum atomic E-state index is -0.815. The van der Waals surface area contributed by atoms with E-state index in [2.05, 4.69) is 10.3 Å². The van der Waals surface area contributed by atoms with Crippen LogP contribution in [0.3, 0.4) is 0 Å². The molecule has 0 aliphatic heterocycles. The molecule has 1 N–H and O–H groups in total. The van der Waals surface area contributed by atoms with Crippen molar-refractivity contribution in [2.24, 2.45) is 5.92 Å². The lowest BCUT2D eigenvalue weighted by Crippen LogP contribution is -2.36. The van der Waals surface area contributed by atoms with Crippen LogP contribution >= 0.6 is 0 Å². The first-order valence-electron chi connectivity index (χ1n) is 10.3. The zero-order valence-electron chi connectivity index (χ0n) is 17.3. The molecule has 1 aliphatic rings. The maximum Gasteiger partial charge on any atom is 0.253 e. The number of carbonyl (C=O) groups is 2. The number of fused-ring (bicyclic) bond motifs is 1. The molecule has 0 unspecified atom stereocenters. The van der Waals surface area contributed by atoms with E-state index in [-0.39, 0.29) is 40.8 Å². The smallest absolute Gasteiger partial charge is 0.253 e. The number of rotatable bonds is 5. The Bertz CT molecular complexity index is 1130. The van der Waals surface area contributed by atoms with Crippen molar-refractivity contribution in [3.63, 3.8) is 0 Å². The Labute approximate surface area is 178 Å². The molecule has 1 saturated carbocycles. The summed E-state index contributed by atoms with van der Waals surface area (Å²) in [5, 5.41) is 2.84. The second kappa shape index (κ2) is 8.45. The average molecular weight is 427 g/mol. The topological polar surface area (TPSA) is 75.4 Å². The van der Waals surface area contributed by atoms with Crippen LogP contribution in [0.25, 0.3) is 22.6 Å². The lowest BCUT2D eigenvalue weighted by atomic mass is 10.1. The summed E-state index contributed by atoms with van der Waals surface area (Å²) in [7, 11) is 1.75. The molecule has 1 fully saturated rings. The summed E-state index contributed by atoms with van der Waals surface area (Å²) in [4.78, 5) is 30.8. The van der Waals surface area contributed by atoms with Crippen LogP contribution in [0, 0.1) is 17.6 Å². The van der Waals surface area contributed by atoms with Gasteiger partial charge in [0.2, 0.25) is 11.8 Å². The molecule has 6 nitrogen and oxygen atoms in total. The Hall–Kier alpha value is -3.29. The van der Waals surface area contributed by atoms with Crippen LogP contribution in [-0.4, -0.2) is 41.3 Å². The fourth-order valence-corrected chi connectivity index (χ4v) is 4.07. The Kier molecular flexibility index (Phi) is 5.71. The highest BCUT2D eigenvalue weighted by molar-refractivity contribution is 5.95. The third-order valence-corrected chi connectivity index (χ3v) is 5.78. The molecule has 3 aromatic rings. The highest BCUT2D eigenvalue weighted by atomic mass is 19.1. The van der Waals surface area contributed by atoms with Crippen molar-refractivity contribution in [2.75, 3.05) is 13.6 Å². The molecular formula is C23H23F2N3O3. The second-order valence-electron chi connectivity index (χ2n) is 7.81. The van der Waals surface area contributed by atoms with Gasteiger partial charge in [-0.25, -0.2) is 13.8 Å². The summed E-state index contributed by atoms with van der Waals surface area (Å²) in [6, 6.07) is 8.47. The number of benzene rings is 2. The first-order chi connectivity index (χ1) is 14.9. The zero-order chi connectivity index (χ0) is 22.1. The van der Waals surface area contributed by atoms with Gasteiger partial charge in [-0.1, -0.05) is 0 Å². The summed E-state index contributed by atoms with van der Waals surface area (Å²) in [5.41, 5.74) is 1.02. The van der Waals surface area contributed by atoms with Crippen molar-refractivity contribution >= 4 is 22.9 Å². The quantitative estimate of drug-likeness (QED) is 0.664. The predicted molar refractivity (Wildman–Crippen MR) is 111 cm³/mol. The highest BCUT2D eigenvalue weighted by Crippen LogP contribution is 2.30. The minimum absolute atomic E-state index is 0.00898. The Balaban J connectivity index is 1.47. The van der Waals surface area contributed by atoms with Gasteiger partial charge in [0.05, 0.1) is 0 Å². The molecule has 162 valence electrons. The number of hydrogen-bond donors (Lipinski definition) is 1.